The summed E-state index contributed by atoms with van der Waals surface area (Å²) < 4.78 is 1.05. The van der Waals surface area contributed by atoms with Gasteiger partial charge in [0.25, 0.3) is 0 Å². The largest absolute Gasteiger partial charge is 0.382 e. The molecule has 1 aromatic heterocycles. The van der Waals surface area contributed by atoms with Crippen LogP contribution in [0.5, 0.6) is 0 Å². The molecule has 0 saturated heterocycles. The van der Waals surface area contributed by atoms with E-state index in [4.69, 9.17) is 5.73 Å². The summed E-state index contributed by atoms with van der Waals surface area (Å²) >= 11 is 3.19. The van der Waals surface area contributed by atoms with Gasteiger partial charge in [-0.05, 0) is 18.8 Å². The van der Waals surface area contributed by atoms with Crippen molar-refractivity contribution < 1.29 is 0 Å². The van der Waals surface area contributed by atoms with Gasteiger partial charge >= 0.3 is 0 Å². The maximum Gasteiger partial charge on any atom is 0.148 e. The van der Waals surface area contributed by atoms with Crippen LogP contribution in [-0.2, 0) is 0 Å². The molecule has 0 spiro atoms. The molecule has 0 aliphatic rings. The van der Waals surface area contributed by atoms with E-state index in [0.717, 1.165) is 14.1 Å². The number of allylic oxidation sites excluding steroid dienone is 1. The summed E-state index contributed by atoms with van der Waals surface area (Å²) in [4.78, 5) is 5.14. The first-order chi connectivity index (χ1) is 5.09. The Morgan fingerprint density at radius 1 is 1.73 bits per heavy atom. The Bertz CT molecular complexity index is 278. The molecule has 0 saturated carbocycles. The average molecular weight is 186 g/mol. The number of thioether (sulfide) groups is 1. The summed E-state index contributed by atoms with van der Waals surface area (Å²) in [6, 6.07) is 0. The lowest BCUT2D eigenvalue weighted by Crippen LogP contribution is -1.85. The highest BCUT2D eigenvalue weighted by Crippen LogP contribution is 2.34. The van der Waals surface area contributed by atoms with Crippen molar-refractivity contribution in [3.05, 3.63) is 16.5 Å². The van der Waals surface area contributed by atoms with Gasteiger partial charge in [0.15, 0.2) is 0 Å². The van der Waals surface area contributed by atoms with Gasteiger partial charge in [-0.1, -0.05) is 18.3 Å². The highest BCUT2D eigenvalue weighted by molar-refractivity contribution is 8.04. The van der Waals surface area contributed by atoms with E-state index in [0.29, 0.717) is 5.82 Å². The molecule has 60 valence electrons. The van der Waals surface area contributed by atoms with Gasteiger partial charge in [0.05, 0.1) is 5.01 Å². The standard InChI is InChI=1S/C7H10N2S2/c1-4(2)10-7-6(8)9-5(3)11-7/h1,8H2,2-3H3. The van der Waals surface area contributed by atoms with E-state index in [1.54, 1.807) is 23.1 Å². The molecule has 2 nitrogen and oxygen atoms in total. The lowest BCUT2D eigenvalue weighted by atomic mass is 10.8. The number of aromatic nitrogens is 1. The van der Waals surface area contributed by atoms with E-state index in [-0.39, 0.29) is 0 Å². The fourth-order valence-electron chi connectivity index (χ4n) is 0.656. The molecule has 0 aliphatic carbocycles. The Labute approximate surface area is 74.5 Å². The SMILES string of the molecule is C=C(C)Sc1sc(C)nc1N. The number of rotatable bonds is 2. The van der Waals surface area contributed by atoms with Crippen LogP contribution in [0, 0.1) is 6.92 Å². The van der Waals surface area contributed by atoms with Crippen LogP contribution in [0.2, 0.25) is 0 Å². The van der Waals surface area contributed by atoms with Crippen molar-refractivity contribution >= 4 is 28.9 Å². The average Bonchev–Trinajstić information content (AvgIpc) is 2.09. The number of nitrogens with zero attached hydrogens (tertiary/aromatic N) is 1. The molecule has 0 aliphatic heterocycles. The molecule has 1 aromatic rings. The second-order valence-electron chi connectivity index (χ2n) is 2.21. The van der Waals surface area contributed by atoms with Gasteiger partial charge < -0.3 is 5.73 Å². The topological polar surface area (TPSA) is 38.9 Å². The number of thiazole rings is 1. The van der Waals surface area contributed by atoms with Crippen molar-refractivity contribution in [1.82, 2.24) is 4.98 Å². The van der Waals surface area contributed by atoms with Crippen molar-refractivity contribution in [2.24, 2.45) is 0 Å². The number of hydrogen-bond acceptors (Lipinski definition) is 4. The third-order valence-corrected chi connectivity index (χ3v) is 3.02. The molecule has 2 N–H and O–H groups in total. The summed E-state index contributed by atoms with van der Waals surface area (Å²) in [6.07, 6.45) is 0. The van der Waals surface area contributed by atoms with Gasteiger partial charge in [0.2, 0.25) is 0 Å². The quantitative estimate of drug-likeness (QED) is 0.722. The maximum absolute atomic E-state index is 5.63. The number of anilines is 1. The summed E-state index contributed by atoms with van der Waals surface area (Å²) in [7, 11) is 0. The fourth-order valence-corrected chi connectivity index (χ4v) is 2.64. The van der Waals surface area contributed by atoms with E-state index in [9.17, 15) is 0 Å². The van der Waals surface area contributed by atoms with Crippen LogP contribution < -0.4 is 5.73 Å². The van der Waals surface area contributed by atoms with Crippen LogP contribution in [0.1, 0.15) is 11.9 Å². The summed E-state index contributed by atoms with van der Waals surface area (Å²) in [5, 5.41) is 1.01. The predicted octanol–water partition coefficient (Wildman–Crippen LogP) is 2.66. The zero-order chi connectivity index (χ0) is 8.43. The van der Waals surface area contributed by atoms with Crippen LogP contribution in [0.4, 0.5) is 5.82 Å². The van der Waals surface area contributed by atoms with Crippen molar-refractivity contribution in [1.29, 1.82) is 0 Å². The molecule has 1 heterocycles. The van der Waals surface area contributed by atoms with Crippen LogP contribution in [0.3, 0.4) is 0 Å². The molecule has 4 heteroatoms. The molecule has 11 heavy (non-hydrogen) atoms. The number of hydrogen-bond donors (Lipinski definition) is 1. The van der Waals surface area contributed by atoms with Gasteiger partial charge in [-0.25, -0.2) is 4.98 Å². The molecule has 0 unspecified atom stereocenters. The molecule has 0 bridgehead atoms. The van der Waals surface area contributed by atoms with E-state index in [1.165, 1.54) is 0 Å². The Morgan fingerprint density at radius 2 is 2.36 bits per heavy atom. The smallest absolute Gasteiger partial charge is 0.148 e. The minimum atomic E-state index is 0.625. The van der Waals surface area contributed by atoms with Gasteiger partial charge in [0.1, 0.15) is 10.0 Å². The third-order valence-electron chi connectivity index (χ3n) is 0.994. The molecular formula is C7H10N2S2. The molecule has 0 radical (unpaired) electrons. The molecule has 1 rings (SSSR count). The van der Waals surface area contributed by atoms with E-state index < -0.39 is 0 Å². The minimum Gasteiger partial charge on any atom is -0.382 e. The van der Waals surface area contributed by atoms with Gasteiger partial charge in [-0.2, -0.15) is 0 Å². The molecule has 0 atom stereocenters. The fraction of sp³-hybridized carbons (Fsp3) is 0.286. The second-order valence-corrected chi connectivity index (χ2v) is 4.98. The zero-order valence-corrected chi connectivity index (χ0v) is 8.18. The summed E-state index contributed by atoms with van der Waals surface area (Å²) in [5.41, 5.74) is 5.63. The lowest BCUT2D eigenvalue weighted by molar-refractivity contribution is 1.29. The number of nitrogen functional groups attached to an aromatic ring is 1. The van der Waals surface area contributed by atoms with Gasteiger partial charge in [-0.3, -0.25) is 0 Å². The zero-order valence-electron chi connectivity index (χ0n) is 6.55. The van der Waals surface area contributed by atoms with Crippen molar-refractivity contribution in [3.63, 3.8) is 0 Å². The Kier molecular flexibility index (Phi) is 2.57. The van der Waals surface area contributed by atoms with Crippen molar-refractivity contribution in [2.45, 2.75) is 18.1 Å². The second kappa shape index (κ2) is 3.28. The first-order valence-corrected chi connectivity index (χ1v) is 4.79. The van der Waals surface area contributed by atoms with E-state index in [2.05, 4.69) is 11.6 Å². The van der Waals surface area contributed by atoms with Gasteiger partial charge in [0, 0.05) is 0 Å². The predicted molar refractivity (Wildman–Crippen MR) is 51.9 cm³/mol. The van der Waals surface area contributed by atoms with Crippen LogP contribution in [-0.4, -0.2) is 4.98 Å². The molecule has 0 aromatic carbocycles. The molecule has 0 amide bonds. The number of nitrogens with two attached hydrogens (primary N) is 1. The highest BCUT2D eigenvalue weighted by Gasteiger charge is 2.05. The van der Waals surface area contributed by atoms with E-state index >= 15 is 0 Å². The Balaban J connectivity index is 2.85. The minimum absolute atomic E-state index is 0.625. The first-order valence-electron chi connectivity index (χ1n) is 3.16. The monoisotopic (exact) mass is 186 g/mol. The Morgan fingerprint density at radius 3 is 2.73 bits per heavy atom. The summed E-state index contributed by atoms with van der Waals surface area (Å²) in [5.74, 6) is 0.625. The Hall–Kier alpha value is -0.480. The summed E-state index contributed by atoms with van der Waals surface area (Å²) in [6.45, 7) is 7.69. The molecular weight excluding hydrogens is 176 g/mol. The van der Waals surface area contributed by atoms with Crippen molar-refractivity contribution in [2.75, 3.05) is 5.73 Å². The number of aryl methyl sites for hydroxylation is 1. The third kappa shape index (κ3) is 2.24. The van der Waals surface area contributed by atoms with Crippen LogP contribution in [0.15, 0.2) is 15.7 Å². The first kappa shape index (κ1) is 8.62. The maximum atomic E-state index is 5.63. The highest BCUT2D eigenvalue weighted by atomic mass is 32.2. The lowest BCUT2D eigenvalue weighted by Gasteiger charge is -1.93. The van der Waals surface area contributed by atoms with E-state index in [1.807, 2.05) is 13.8 Å². The van der Waals surface area contributed by atoms with Gasteiger partial charge in [-0.15, -0.1) is 11.3 Å². The molecule has 0 fully saturated rings. The normalized spacial score (nSPS) is 10.0. The van der Waals surface area contributed by atoms with Crippen molar-refractivity contribution in [3.8, 4) is 0 Å². The van der Waals surface area contributed by atoms with Crippen LogP contribution in [0.25, 0.3) is 0 Å². The van der Waals surface area contributed by atoms with Crippen LogP contribution >= 0.6 is 23.1 Å².